The number of carbonyl (C=O) groups is 1. The number of hydrogen-bond acceptors (Lipinski definition) is 6. The second-order valence-corrected chi connectivity index (χ2v) is 4.84. The fourth-order valence-electron chi connectivity index (χ4n) is 2.19. The molecule has 3 rings (SSSR count). The number of carboxylic acid groups (broad SMARTS) is 1. The molecule has 1 aliphatic heterocycles. The van der Waals surface area contributed by atoms with Crippen LogP contribution in [0.4, 0.5) is 0 Å². The van der Waals surface area contributed by atoms with Gasteiger partial charge in [0.2, 0.25) is 12.6 Å². The van der Waals surface area contributed by atoms with Crippen molar-refractivity contribution in [3.63, 3.8) is 0 Å². The first kappa shape index (κ1) is 14.8. The number of furan rings is 1. The monoisotopic (exact) mass is 315 g/mol. The van der Waals surface area contributed by atoms with E-state index in [-0.39, 0.29) is 19.2 Å². The van der Waals surface area contributed by atoms with Crippen LogP contribution in [0.1, 0.15) is 28.7 Å². The maximum absolute atomic E-state index is 10.8. The summed E-state index contributed by atoms with van der Waals surface area (Å²) in [4.78, 5) is 10.8. The zero-order chi connectivity index (χ0) is 16.2. The topological polar surface area (TPSA) is 102 Å². The zero-order valence-corrected chi connectivity index (χ0v) is 12.0. The normalized spacial score (nSPS) is 13.3. The summed E-state index contributed by atoms with van der Waals surface area (Å²) in [5, 5.41) is 18.0. The Morgan fingerprint density at radius 3 is 2.87 bits per heavy atom. The SMILES string of the molecule is N#CC(CCOc1ccc2c(c1)OCO2)c1ccc(C(=O)O)o1. The second kappa shape index (κ2) is 6.32. The lowest BCUT2D eigenvalue weighted by molar-refractivity contribution is 0.0660. The van der Waals surface area contributed by atoms with Crippen molar-refractivity contribution in [2.45, 2.75) is 12.3 Å². The predicted octanol–water partition coefficient (Wildman–Crippen LogP) is 2.78. The highest BCUT2D eigenvalue weighted by molar-refractivity contribution is 5.84. The molecule has 0 spiro atoms. The van der Waals surface area contributed by atoms with Gasteiger partial charge in [-0.15, -0.1) is 0 Å². The first-order chi connectivity index (χ1) is 11.2. The maximum Gasteiger partial charge on any atom is 0.371 e. The van der Waals surface area contributed by atoms with Crippen LogP contribution in [0.5, 0.6) is 17.2 Å². The van der Waals surface area contributed by atoms with Crippen molar-refractivity contribution in [3.8, 4) is 23.3 Å². The maximum atomic E-state index is 10.8. The highest BCUT2D eigenvalue weighted by atomic mass is 16.7. The summed E-state index contributed by atoms with van der Waals surface area (Å²) in [7, 11) is 0. The quantitative estimate of drug-likeness (QED) is 0.874. The van der Waals surface area contributed by atoms with Gasteiger partial charge in [-0.25, -0.2) is 4.79 Å². The molecule has 1 aromatic carbocycles. The number of benzene rings is 1. The highest BCUT2D eigenvalue weighted by Crippen LogP contribution is 2.35. The van der Waals surface area contributed by atoms with Gasteiger partial charge >= 0.3 is 5.97 Å². The molecule has 1 N–H and O–H groups in total. The number of ether oxygens (including phenoxy) is 3. The van der Waals surface area contributed by atoms with E-state index in [0.717, 1.165) is 0 Å². The zero-order valence-electron chi connectivity index (χ0n) is 12.0. The van der Waals surface area contributed by atoms with Gasteiger partial charge in [0.1, 0.15) is 17.4 Å². The van der Waals surface area contributed by atoms with E-state index in [0.29, 0.717) is 29.4 Å². The van der Waals surface area contributed by atoms with E-state index < -0.39 is 11.9 Å². The standard InChI is InChI=1S/C16H13NO6/c17-8-10(12-3-4-14(23-12)16(18)19)5-6-20-11-1-2-13-15(7-11)22-9-21-13/h1-4,7,10H,5-6,9H2,(H,18,19). The third kappa shape index (κ3) is 3.21. The van der Waals surface area contributed by atoms with Crippen molar-refractivity contribution in [1.29, 1.82) is 5.26 Å². The first-order valence-corrected chi connectivity index (χ1v) is 6.92. The van der Waals surface area contributed by atoms with Crippen LogP contribution >= 0.6 is 0 Å². The highest BCUT2D eigenvalue weighted by Gasteiger charge is 2.18. The molecule has 2 heterocycles. The molecular formula is C16H13NO6. The van der Waals surface area contributed by atoms with Crippen LogP contribution in [-0.2, 0) is 0 Å². The summed E-state index contributed by atoms with van der Waals surface area (Å²) >= 11 is 0. The molecule has 0 saturated carbocycles. The summed E-state index contributed by atoms with van der Waals surface area (Å²) in [6.07, 6.45) is 0.373. The number of hydrogen-bond donors (Lipinski definition) is 1. The molecule has 7 nitrogen and oxygen atoms in total. The van der Waals surface area contributed by atoms with Crippen molar-refractivity contribution in [1.82, 2.24) is 0 Å². The van der Waals surface area contributed by atoms with Crippen LogP contribution in [0.25, 0.3) is 0 Å². The fourth-order valence-corrected chi connectivity index (χ4v) is 2.19. The van der Waals surface area contributed by atoms with Gasteiger partial charge in [-0.1, -0.05) is 0 Å². The van der Waals surface area contributed by atoms with Gasteiger partial charge in [-0.05, 0) is 24.3 Å². The average molecular weight is 315 g/mol. The minimum atomic E-state index is -1.16. The fraction of sp³-hybridized carbons (Fsp3) is 0.250. The van der Waals surface area contributed by atoms with E-state index in [4.69, 9.17) is 23.7 Å². The van der Waals surface area contributed by atoms with Gasteiger partial charge in [-0.2, -0.15) is 5.26 Å². The Balaban J connectivity index is 1.58. The van der Waals surface area contributed by atoms with Crippen LogP contribution in [0.15, 0.2) is 34.7 Å². The second-order valence-electron chi connectivity index (χ2n) is 4.84. The summed E-state index contributed by atoms with van der Waals surface area (Å²) < 4.78 is 21.2. The molecule has 0 radical (unpaired) electrons. The number of aromatic carboxylic acids is 1. The van der Waals surface area contributed by atoms with Gasteiger partial charge < -0.3 is 23.7 Å². The molecule has 0 fully saturated rings. The number of nitriles is 1. The smallest absolute Gasteiger partial charge is 0.371 e. The Morgan fingerprint density at radius 1 is 1.30 bits per heavy atom. The van der Waals surface area contributed by atoms with Gasteiger partial charge in [0.25, 0.3) is 0 Å². The predicted molar refractivity (Wildman–Crippen MR) is 76.7 cm³/mol. The van der Waals surface area contributed by atoms with Crippen molar-refractivity contribution < 1.29 is 28.5 Å². The lowest BCUT2D eigenvalue weighted by Gasteiger charge is -2.09. The molecule has 1 atom stereocenters. The molecule has 1 aliphatic rings. The van der Waals surface area contributed by atoms with Gasteiger partial charge in [0.05, 0.1) is 12.7 Å². The van der Waals surface area contributed by atoms with E-state index >= 15 is 0 Å². The molecule has 118 valence electrons. The third-order valence-corrected chi connectivity index (χ3v) is 3.36. The minimum Gasteiger partial charge on any atom is -0.493 e. The molecule has 0 saturated heterocycles. The van der Waals surface area contributed by atoms with Crippen molar-refractivity contribution in [3.05, 3.63) is 41.9 Å². The molecule has 2 aromatic rings. The van der Waals surface area contributed by atoms with Crippen molar-refractivity contribution in [2.75, 3.05) is 13.4 Å². The Morgan fingerprint density at radius 2 is 2.13 bits per heavy atom. The van der Waals surface area contributed by atoms with E-state index in [2.05, 4.69) is 6.07 Å². The van der Waals surface area contributed by atoms with E-state index in [9.17, 15) is 10.1 Å². The first-order valence-electron chi connectivity index (χ1n) is 6.92. The summed E-state index contributed by atoms with van der Waals surface area (Å²) in [5.41, 5.74) is 0. The Bertz CT molecular complexity index is 760. The molecule has 0 bridgehead atoms. The van der Waals surface area contributed by atoms with Crippen LogP contribution < -0.4 is 14.2 Å². The number of rotatable bonds is 6. The van der Waals surface area contributed by atoms with E-state index in [1.54, 1.807) is 18.2 Å². The summed E-state index contributed by atoms with van der Waals surface area (Å²) in [5.74, 6) is 0.301. The van der Waals surface area contributed by atoms with Gasteiger partial charge in [0, 0.05) is 12.5 Å². The molecule has 0 aliphatic carbocycles. The van der Waals surface area contributed by atoms with Crippen LogP contribution in [-0.4, -0.2) is 24.5 Å². The van der Waals surface area contributed by atoms with Crippen molar-refractivity contribution in [2.24, 2.45) is 0 Å². The van der Waals surface area contributed by atoms with Crippen LogP contribution in [0.3, 0.4) is 0 Å². The average Bonchev–Trinajstić information content (AvgIpc) is 3.20. The minimum absolute atomic E-state index is 0.183. The number of carboxylic acids is 1. The van der Waals surface area contributed by atoms with Gasteiger partial charge in [-0.3, -0.25) is 0 Å². The van der Waals surface area contributed by atoms with Gasteiger partial charge in [0.15, 0.2) is 11.5 Å². The summed E-state index contributed by atoms with van der Waals surface area (Å²) in [6.45, 7) is 0.473. The lowest BCUT2D eigenvalue weighted by atomic mass is 10.1. The summed E-state index contributed by atoms with van der Waals surface area (Å²) in [6, 6.07) is 10.1. The van der Waals surface area contributed by atoms with Crippen LogP contribution in [0, 0.1) is 11.3 Å². The van der Waals surface area contributed by atoms with E-state index in [1.807, 2.05) is 0 Å². The molecular weight excluding hydrogens is 302 g/mol. The molecule has 23 heavy (non-hydrogen) atoms. The molecule has 1 unspecified atom stereocenters. The number of nitrogens with zero attached hydrogens (tertiary/aromatic N) is 1. The lowest BCUT2D eigenvalue weighted by Crippen LogP contribution is -2.04. The molecule has 1 aromatic heterocycles. The molecule has 0 amide bonds. The Kier molecular flexibility index (Phi) is 4.06. The third-order valence-electron chi connectivity index (χ3n) is 3.36. The van der Waals surface area contributed by atoms with E-state index in [1.165, 1.54) is 12.1 Å². The van der Waals surface area contributed by atoms with Crippen LogP contribution in [0.2, 0.25) is 0 Å². The Hall–Kier alpha value is -3.14. The van der Waals surface area contributed by atoms with Crippen molar-refractivity contribution >= 4 is 5.97 Å². The largest absolute Gasteiger partial charge is 0.493 e. The molecule has 7 heteroatoms. The Labute approximate surface area is 131 Å². The number of fused-ring (bicyclic) bond motifs is 1.